The molecule has 0 atom stereocenters. The van der Waals surface area contributed by atoms with Crippen LogP contribution in [0.3, 0.4) is 0 Å². The van der Waals surface area contributed by atoms with Crippen LogP contribution >= 0.6 is 11.6 Å². The van der Waals surface area contributed by atoms with Crippen molar-refractivity contribution in [3.05, 3.63) is 41.0 Å². The predicted molar refractivity (Wildman–Crippen MR) is 84.6 cm³/mol. The van der Waals surface area contributed by atoms with Crippen LogP contribution in [-0.4, -0.2) is 39.6 Å². The third kappa shape index (κ3) is 3.71. The monoisotopic (exact) mass is 306 g/mol. The van der Waals surface area contributed by atoms with Gasteiger partial charge in [-0.15, -0.1) is 0 Å². The lowest BCUT2D eigenvalue weighted by Gasteiger charge is -2.27. The van der Waals surface area contributed by atoms with Crippen molar-refractivity contribution >= 4 is 28.4 Å². The van der Waals surface area contributed by atoms with Gasteiger partial charge in [-0.3, -0.25) is 4.79 Å². The lowest BCUT2D eigenvalue weighted by atomic mass is 10.1. The van der Waals surface area contributed by atoms with Crippen molar-refractivity contribution in [2.45, 2.75) is 26.4 Å². The van der Waals surface area contributed by atoms with Gasteiger partial charge in [-0.05, 0) is 32.9 Å². The van der Waals surface area contributed by atoms with Gasteiger partial charge >= 0.3 is 0 Å². The topological polar surface area (TPSA) is 53.4 Å². The Morgan fingerprint density at radius 3 is 2.67 bits per heavy atom. The van der Waals surface area contributed by atoms with Gasteiger partial charge in [-0.25, -0.2) is 4.98 Å². The summed E-state index contributed by atoms with van der Waals surface area (Å²) in [5.74, 6) is -0.229. The third-order valence-corrected chi connectivity index (χ3v) is 3.44. The Balaban J connectivity index is 2.38. The molecule has 0 bridgehead atoms. The van der Waals surface area contributed by atoms with Gasteiger partial charge in [0.1, 0.15) is 5.69 Å². The maximum absolute atomic E-state index is 12.5. The van der Waals surface area contributed by atoms with Gasteiger partial charge in [-0.1, -0.05) is 29.8 Å². The second kappa shape index (κ2) is 6.00. The van der Waals surface area contributed by atoms with Crippen LogP contribution in [0.2, 0.25) is 5.02 Å². The van der Waals surface area contributed by atoms with Crippen LogP contribution in [0.5, 0.6) is 0 Å². The van der Waals surface area contributed by atoms with Gasteiger partial charge in [0.15, 0.2) is 0 Å². The molecule has 4 nitrogen and oxygen atoms in total. The number of nitrogens with zero attached hydrogens (tertiary/aromatic N) is 2. The van der Waals surface area contributed by atoms with Gasteiger partial charge in [0.05, 0.1) is 16.1 Å². The van der Waals surface area contributed by atoms with E-state index >= 15 is 0 Å². The summed E-state index contributed by atoms with van der Waals surface area (Å²) in [7, 11) is 0. The molecule has 5 heteroatoms. The highest BCUT2D eigenvalue weighted by atomic mass is 35.5. The molecule has 1 N–H and O–H groups in total. The number of fused-ring (bicyclic) bond motifs is 1. The average Bonchev–Trinajstić information content (AvgIpc) is 2.43. The Morgan fingerprint density at radius 2 is 2.05 bits per heavy atom. The first kappa shape index (κ1) is 15.7. The minimum Gasteiger partial charge on any atom is -0.389 e. The summed E-state index contributed by atoms with van der Waals surface area (Å²) in [4.78, 5) is 18.5. The first-order valence-corrected chi connectivity index (χ1v) is 7.26. The molecule has 2 rings (SSSR count). The number of para-hydroxylation sites is 1. The van der Waals surface area contributed by atoms with E-state index < -0.39 is 5.60 Å². The Morgan fingerprint density at radius 1 is 1.38 bits per heavy atom. The van der Waals surface area contributed by atoms with Crippen molar-refractivity contribution in [2.24, 2.45) is 0 Å². The second-order valence-electron chi connectivity index (χ2n) is 5.64. The zero-order valence-corrected chi connectivity index (χ0v) is 13.2. The molecule has 0 saturated carbocycles. The predicted octanol–water partition coefficient (Wildman–Crippen LogP) is 3.12. The fourth-order valence-electron chi connectivity index (χ4n) is 2.20. The lowest BCUT2D eigenvalue weighted by molar-refractivity contribution is 0.0312. The van der Waals surface area contributed by atoms with Crippen molar-refractivity contribution in [3.8, 4) is 0 Å². The fourth-order valence-corrected chi connectivity index (χ4v) is 2.46. The number of pyridine rings is 1. The van der Waals surface area contributed by atoms with Gasteiger partial charge in [0.25, 0.3) is 5.91 Å². The zero-order valence-electron chi connectivity index (χ0n) is 12.4. The Hall–Kier alpha value is -1.65. The first-order valence-electron chi connectivity index (χ1n) is 6.89. The molecule has 0 saturated heterocycles. The highest BCUT2D eigenvalue weighted by Gasteiger charge is 2.23. The summed E-state index contributed by atoms with van der Waals surface area (Å²) < 4.78 is 0. The van der Waals surface area contributed by atoms with E-state index in [1.54, 1.807) is 24.8 Å². The largest absolute Gasteiger partial charge is 0.389 e. The molecule has 1 aromatic heterocycles. The number of benzene rings is 1. The van der Waals surface area contributed by atoms with E-state index in [9.17, 15) is 9.90 Å². The summed E-state index contributed by atoms with van der Waals surface area (Å²) in [5, 5.41) is 11.2. The normalized spacial score (nSPS) is 11.7. The van der Waals surface area contributed by atoms with Crippen molar-refractivity contribution in [3.63, 3.8) is 0 Å². The molecule has 0 aliphatic heterocycles. The number of hydrogen-bond acceptors (Lipinski definition) is 3. The number of likely N-dealkylation sites (N-methyl/N-ethyl adjacent to an activating group) is 1. The molecule has 1 amide bonds. The minimum atomic E-state index is -0.952. The van der Waals surface area contributed by atoms with Crippen LogP contribution in [0, 0.1) is 0 Å². The highest BCUT2D eigenvalue weighted by Crippen LogP contribution is 2.23. The molecular weight excluding hydrogens is 288 g/mol. The van der Waals surface area contributed by atoms with Crippen LogP contribution in [-0.2, 0) is 0 Å². The minimum absolute atomic E-state index is 0.229. The Kier molecular flexibility index (Phi) is 4.49. The Labute approximate surface area is 129 Å². The van der Waals surface area contributed by atoms with Crippen molar-refractivity contribution in [1.29, 1.82) is 0 Å². The van der Waals surface area contributed by atoms with Crippen molar-refractivity contribution in [1.82, 2.24) is 9.88 Å². The lowest BCUT2D eigenvalue weighted by Crippen LogP contribution is -2.42. The van der Waals surface area contributed by atoms with E-state index in [4.69, 9.17) is 11.6 Å². The molecule has 0 fully saturated rings. The number of halogens is 1. The quantitative estimate of drug-likeness (QED) is 0.944. The fraction of sp³-hybridized carbons (Fsp3) is 0.375. The smallest absolute Gasteiger partial charge is 0.272 e. The van der Waals surface area contributed by atoms with Crippen LogP contribution < -0.4 is 0 Å². The van der Waals surface area contributed by atoms with E-state index in [0.29, 0.717) is 22.8 Å². The maximum Gasteiger partial charge on any atom is 0.272 e. The number of amides is 1. The molecule has 0 aliphatic rings. The SMILES string of the molecule is CCN(CC(C)(C)O)C(=O)c1cc(Cl)c2ccccc2n1. The third-order valence-electron chi connectivity index (χ3n) is 3.13. The summed E-state index contributed by atoms with van der Waals surface area (Å²) >= 11 is 6.23. The number of carbonyl (C=O) groups excluding carboxylic acids is 1. The summed E-state index contributed by atoms with van der Waals surface area (Å²) in [6.45, 7) is 5.95. The molecule has 1 aromatic carbocycles. The number of carbonyl (C=O) groups is 1. The zero-order chi connectivity index (χ0) is 15.6. The Bertz CT molecular complexity index is 665. The molecule has 112 valence electrons. The maximum atomic E-state index is 12.5. The number of aliphatic hydroxyl groups is 1. The molecular formula is C16H19ClN2O2. The van der Waals surface area contributed by atoms with E-state index in [-0.39, 0.29) is 12.5 Å². The van der Waals surface area contributed by atoms with E-state index in [1.165, 1.54) is 0 Å². The van der Waals surface area contributed by atoms with E-state index in [2.05, 4.69) is 4.98 Å². The second-order valence-corrected chi connectivity index (χ2v) is 6.05. The van der Waals surface area contributed by atoms with Crippen molar-refractivity contribution < 1.29 is 9.90 Å². The van der Waals surface area contributed by atoms with Gasteiger partial charge < -0.3 is 10.0 Å². The summed E-state index contributed by atoms with van der Waals surface area (Å²) in [6.07, 6.45) is 0. The molecule has 0 radical (unpaired) electrons. The van der Waals surface area contributed by atoms with Gasteiger partial charge in [0.2, 0.25) is 0 Å². The number of rotatable bonds is 4. The van der Waals surface area contributed by atoms with Crippen LogP contribution in [0.25, 0.3) is 10.9 Å². The molecule has 0 unspecified atom stereocenters. The van der Waals surface area contributed by atoms with E-state index in [0.717, 1.165) is 5.39 Å². The standard InChI is InChI=1S/C16H19ClN2O2/c1-4-19(10-16(2,3)21)15(20)14-9-12(17)11-7-5-6-8-13(11)18-14/h5-9,21H,4,10H2,1-3H3. The van der Waals surface area contributed by atoms with Crippen LogP contribution in [0.1, 0.15) is 31.3 Å². The van der Waals surface area contributed by atoms with E-state index in [1.807, 2.05) is 31.2 Å². The number of aromatic nitrogens is 1. The molecule has 1 heterocycles. The summed E-state index contributed by atoms with van der Waals surface area (Å²) in [5.41, 5.74) is 0.0317. The van der Waals surface area contributed by atoms with Gasteiger partial charge in [-0.2, -0.15) is 0 Å². The first-order chi connectivity index (χ1) is 9.81. The average molecular weight is 307 g/mol. The highest BCUT2D eigenvalue weighted by molar-refractivity contribution is 6.35. The van der Waals surface area contributed by atoms with Gasteiger partial charge in [0, 0.05) is 18.5 Å². The molecule has 0 spiro atoms. The molecule has 0 aliphatic carbocycles. The molecule has 2 aromatic rings. The van der Waals surface area contributed by atoms with Crippen molar-refractivity contribution in [2.75, 3.05) is 13.1 Å². The van der Waals surface area contributed by atoms with Crippen LogP contribution in [0.15, 0.2) is 30.3 Å². The van der Waals surface area contributed by atoms with Crippen LogP contribution in [0.4, 0.5) is 0 Å². The number of hydrogen-bond donors (Lipinski definition) is 1. The summed E-state index contributed by atoms with van der Waals surface area (Å²) in [6, 6.07) is 9.01. The molecule has 21 heavy (non-hydrogen) atoms.